The van der Waals surface area contributed by atoms with Crippen LogP contribution in [0.25, 0.3) is 0 Å². The minimum atomic E-state index is -2.82. The third kappa shape index (κ3) is 6.52. The molecule has 0 radical (unpaired) electrons. The lowest BCUT2D eigenvalue weighted by atomic mass is 10.2. The van der Waals surface area contributed by atoms with Gasteiger partial charge in [-0.1, -0.05) is 12.1 Å². The maximum atomic E-state index is 12.3. The van der Waals surface area contributed by atoms with E-state index < -0.39 is 6.61 Å². The first kappa shape index (κ1) is 21.2. The van der Waals surface area contributed by atoms with Gasteiger partial charge in [0, 0.05) is 39.6 Å². The molecule has 1 N–H and O–H groups in total. The highest BCUT2D eigenvalue weighted by molar-refractivity contribution is 14.0. The van der Waals surface area contributed by atoms with Gasteiger partial charge in [-0.2, -0.15) is 8.78 Å². The molecule has 5 nitrogen and oxygen atoms in total. The van der Waals surface area contributed by atoms with E-state index in [4.69, 9.17) is 0 Å². The Labute approximate surface area is 163 Å². The first-order valence-corrected chi connectivity index (χ1v) is 7.55. The highest BCUT2D eigenvalue weighted by atomic mass is 127. The van der Waals surface area contributed by atoms with E-state index >= 15 is 0 Å². The molecule has 25 heavy (non-hydrogen) atoms. The van der Waals surface area contributed by atoms with Gasteiger partial charge >= 0.3 is 6.61 Å². The average Bonchev–Trinajstić information content (AvgIpc) is 2.93. The van der Waals surface area contributed by atoms with Gasteiger partial charge in [-0.15, -0.1) is 24.0 Å². The Bertz CT molecular complexity index is 691. The molecule has 1 heterocycles. The number of hydrogen-bond donors (Lipinski definition) is 1. The molecule has 0 fully saturated rings. The number of rotatable bonds is 6. The molecule has 0 saturated carbocycles. The highest BCUT2D eigenvalue weighted by Gasteiger charge is 2.09. The summed E-state index contributed by atoms with van der Waals surface area (Å²) in [6.07, 6.45) is 1.99. The number of benzene rings is 1. The van der Waals surface area contributed by atoms with Crippen LogP contribution in [0.4, 0.5) is 8.78 Å². The van der Waals surface area contributed by atoms with Crippen molar-refractivity contribution in [1.82, 2.24) is 14.8 Å². The second-order valence-electron chi connectivity index (χ2n) is 5.39. The molecule has 0 aliphatic carbocycles. The SMILES string of the molecule is CN=C(NCc1cccc(OC(F)F)c1)N(C)Cc1cccn1C.I. The maximum Gasteiger partial charge on any atom is 0.387 e. The molecule has 0 aliphatic rings. The number of nitrogens with zero attached hydrogens (tertiary/aromatic N) is 3. The lowest BCUT2D eigenvalue weighted by Gasteiger charge is -2.22. The van der Waals surface area contributed by atoms with Crippen molar-refractivity contribution < 1.29 is 13.5 Å². The summed E-state index contributed by atoms with van der Waals surface area (Å²) in [5, 5.41) is 3.22. The quantitative estimate of drug-likeness (QED) is 0.405. The minimum Gasteiger partial charge on any atom is -0.435 e. The largest absolute Gasteiger partial charge is 0.435 e. The van der Waals surface area contributed by atoms with Crippen LogP contribution in [0, 0.1) is 0 Å². The van der Waals surface area contributed by atoms with Gasteiger partial charge in [0.1, 0.15) is 5.75 Å². The number of hydrogen-bond acceptors (Lipinski definition) is 2. The van der Waals surface area contributed by atoms with Crippen LogP contribution in [0.3, 0.4) is 0 Å². The van der Waals surface area contributed by atoms with Crippen LogP contribution in [0.1, 0.15) is 11.3 Å². The Morgan fingerprint density at radius 1 is 1.32 bits per heavy atom. The lowest BCUT2D eigenvalue weighted by molar-refractivity contribution is -0.0498. The van der Waals surface area contributed by atoms with Crippen LogP contribution >= 0.6 is 24.0 Å². The summed E-state index contributed by atoms with van der Waals surface area (Å²) in [4.78, 5) is 6.25. The second-order valence-corrected chi connectivity index (χ2v) is 5.39. The summed E-state index contributed by atoms with van der Waals surface area (Å²) in [6, 6.07) is 10.7. The topological polar surface area (TPSA) is 41.8 Å². The molecule has 1 aromatic heterocycles. The summed E-state index contributed by atoms with van der Waals surface area (Å²) < 4.78 is 31.0. The zero-order chi connectivity index (χ0) is 17.5. The van der Waals surface area contributed by atoms with E-state index in [1.807, 2.05) is 37.3 Å². The molecule has 0 saturated heterocycles. The fraction of sp³-hybridized carbons (Fsp3) is 0.353. The number of alkyl halides is 2. The smallest absolute Gasteiger partial charge is 0.387 e. The van der Waals surface area contributed by atoms with Gasteiger partial charge in [0.05, 0.1) is 6.54 Å². The summed E-state index contributed by atoms with van der Waals surface area (Å²) in [5.74, 6) is 0.868. The predicted octanol–water partition coefficient (Wildman–Crippen LogP) is 3.45. The van der Waals surface area contributed by atoms with Crippen molar-refractivity contribution in [3.63, 3.8) is 0 Å². The fourth-order valence-corrected chi connectivity index (χ4v) is 2.38. The van der Waals surface area contributed by atoms with Crippen molar-refractivity contribution in [2.24, 2.45) is 12.0 Å². The Morgan fingerprint density at radius 3 is 2.68 bits per heavy atom. The average molecular weight is 464 g/mol. The van der Waals surface area contributed by atoms with Gasteiger partial charge in [0.2, 0.25) is 0 Å². The third-order valence-electron chi connectivity index (χ3n) is 3.60. The van der Waals surface area contributed by atoms with Gasteiger partial charge in [-0.05, 0) is 29.8 Å². The predicted molar refractivity (Wildman–Crippen MR) is 106 cm³/mol. The third-order valence-corrected chi connectivity index (χ3v) is 3.60. The standard InChI is InChI=1S/C17H22F2N4O.HI/c1-20-17(23(3)12-14-7-5-9-22(14)2)21-11-13-6-4-8-15(10-13)24-16(18)19;/h4-10,16H,11-12H2,1-3H3,(H,20,21);1H. The molecule has 2 rings (SSSR count). The van der Waals surface area contributed by atoms with Crippen molar-refractivity contribution in [2.45, 2.75) is 19.7 Å². The molecule has 0 spiro atoms. The van der Waals surface area contributed by atoms with Crippen LogP contribution in [0.5, 0.6) is 5.75 Å². The molecule has 0 unspecified atom stereocenters. The van der Waals surface area contributed by atoms with E-state index in [0.29, 0.717) is 13.1 Å². The number of aliphatic imine (C=N–C) groups is 1. The monoisotopic (exact) mass is 464 g/mol. The zero-order valence-corrected chi connectivity index (χ0v) is 16.8. The van der Waals surface area contributed by atoms with Crippen molar-refractivity contribution >= 4 is 29.9 Å². The first-order valence-electron chi connectivity index (χ1n) is 7.55. The number of aryl methyl sites for hydroxylation is 1. The van der Waals surface area contributed by atoms with Gasteiger partial charge in [-0.25, -0.2) is 0 Å². The Kier molecular flexibility index (Phi) is 8.67. The molecule has 138 valence electrons. The van der Waals surface area contributed by atoms with Gasteiger partial charge in [-0.3, -0.25) is 4.99 Å². The van der Waals surface area contributed by atoms with E-state index in [2.05, 4.69) is 25.7 Å². The Hall–Kier alpha value is -1.84. The summed E-state index contributed by atoms with van der Waals surface area (Å²) in [6.45, 7) is -1.65. The number of ether oxygens (including phenoxy) is 1. The van der Waals surface area contributed by atoms with Crippen molar-refractivity contribution in [3.05, 3.63) is 53.9 Å². The summed E-state index contributed by atoms with van der Waals surface area (Å²) >= 11 is 0. The number of guanidine groups is 1. The summed E-state index contributed by atoms with van der Waals surface area (Å²) in [5.41, 5.74) is 1.99. The maximum absolute atomic E-state index is 12.3. The molecule has 0 amide bonds. The van der Waals surface area contributed by atoms with E-state index in [-0.39, 0.29) is 29.7 Å². The van der Waals surface area contributed by atoms with E-state index in [9.17, 15) is 8.78 Å². The van der Waals surface area contributed by atoms with E-state index in [1.54, 1.807) is 19.2 Å². The van der Waals surface area contributed by atoms with Crippen LogP contribution in [0.2, 0.25) is 0 Å². The van der Waals surface area contributed by atoms with Gasteiger partial charge < -0.3 is 19.5 Å². The molecule has 0 bridgehead atoms. The molecule has 0 atom stereocenters. The molecule has 1 aromatic carbocycles. The van der Waals surface area contributed by atoms with Crippen LogP contribution in [-0.2, 0) is 20.1 Å². The Balaban J connectivity index is 0.00000312. The zero-order valence-electron chi connectivity index (χ0n) is 14.4. The number of halogens is 3. The van der Waals surface area contributed by atoms with Crippen molar-refractivity contribution in [3.8, 4) is 5.75 Å². The Morgan fingerprint density at radius 2 is 2.08 bits per heavy atom. The summed E-state index contributed by atoms with van der Waals surface area (Å²) in [7, 11) is 5.65. The van der Waals surface area contributed by atoms with Gasteiger partial charge in [0.15, 0.2) is 5.96 Å². The molecular formula is C17H23F2IN4O. The fourth-order valence-electron chi connectivity index (χ4n) is 2.38. The van der Waals surface area contributed by atoms with Crippen LogP contribution in [0.15, 0.2) is 47.6 Å². The van der Waals surface area contributed by atoms with Crippen LogP contribution < -0.4 is 10.1 Å². The molecule has 0 aliphatic heterocycles. The van der Waals surface area contributed by atoms with E-state index in [0.717, 1.165) is 17.2 Å². The molecule has 8 heteroatoms. The van der Waals surface area contributed by atoms with Crippen molar-refractivity contribution in [1.29, 1.82) is 0 Å². The molecular weight excluding hydrogens is 441 g/mol. The lowest BCUT2D eigenvalue weighted by Crippen LogP contribution is -2.38. The number of aromatic nitrogens is 1. The van der Waals surface area contributed by atoms with Crippen molar-refractivity contribution in [2.75, 3.05) is 14.1 Å². The number of nitrogens with one attached hydrogen (secondary N) is 1. The normalized spacial score (nSPS) is 11.2. The minimum absolute atomic E-state index is 0. The van der Waals surface area contributed by atoms with E-state index in [1.165, 1.54) is 6.07 Å². The highest BCUT2D eigenvalue weighted by Crippen LogP contribution is 2.16. The van der Waals surface area contributed by atoms with Crippen LogP contribution in [-0.4, -0.2) is 36.1 Å². The van der Waals surface area contributed by atoms with Gasteiger partial charge in [0.25, 0.3) is 0 Å². The molecule has 2 aromatic rings. The second kappa shape index (κ2) is 10.2. The first-order chi connectivity index (χ1) is 11.5.